The Kier molecular flexibility index (Phi) is 24.3. The zero-order valence-electron chi connectivity index (χ0n) is 46.6. The van der Waals surface area contributed by atoms with Gasteiger partial charge in [0.1, 0.15) is 11.6 Å². The average Bonchev–Trinajstić information content (AvgIpc) is 4.30. The van der Waals surface area contributed by atoms with Gasteiger partial charge in [0.05, 0.1) is 13.1 Å². The number of benzene rings is 4. The van der Waals surface area contributed by atoms with Crippen molar-refractivity contribution >= 4 is 39.4 Å². The maximum absolute atomic E-state index is 15.1. The Morgan fingerprint density at radius 3 is 1.33 bits per heavy atom. The molecule has 2 aliphatic rings. The Bertz CT molecular complexity index is 3270. The van der Waals surface area contributed by atoms with Crippen LogP contribution in [0.5, 0.6) is 0 Å². The van der Waals surface area contributed by atoms with Gasteiger partial charge in [0.15, 0.2) is 0 Å². The first-order valence-electron chi connectivity index (χ1n) is 27.9. The molecule has 0 radical (unpaired) electrons. The summed E-state index contributed by atoms with van der Waals surface area (Å²) >= 11 is 3.24. The van der Waals surface area contributed by atoms with Crippen LogP contribution in [0.2, 0.25) is 0 Å². The number of piperidine rings is 1. The third-order valence-electron chi connectivity index (χ3n) is 14.1. The van der Waals surface area contributed by atoms with Crippen molar-refractivity contribution in [2.24, 2.45) is 0 Å². The van der Waals surface area contributed by atoms with Crippen LogP contribution in [-0.4, -0.2) is 134 Å². The fourth-order valence-electron chi connectivity index (χ4n) is 9.37. The average molecular weight is 1240 g/mol. The van der Waals surface area contributed by atoms with Crippen molar-refractivity contribution in [1.29, 1.82) is 0 Å². The molecule has 0 spiro atoms. The summed E-state index contributed by atoms with van der Waals surface area (Å²) in [6, 6.07) is 33.6. The number of pyridine rings is 2. The molecule has 4 aromatic carbocycles. The van der Waals surface area contributed by atoms with Crippen molar-refractivity contribution in [3.63, 3.8) is 0 Å². The number of amides is 4. The third-order valence-corrected chi connectivity index (χ3v) is 14.5. The number of likely N-dealkylation sites (tertiary alicyclic amines) is 1. The van der Waals surface area contributed by atoms with Gasteiger partial charge in [0, 0.05) is 123 Å². The Morgan fingerprint density at radius 2 is 0.929 bits per heavy atom. The van der Waals surface area contributed by atoms with Crippen molar-refractivity contribution in [3.8, 4) is 22.9 Å². The van der Waals surface area contributed by atoms with Crippen LogP contribution in [-0.2, 0) is 25.9 Å². The van der Waals surface area contributed by atoms with E-state index in [0.717, 1.165) is 51.3 Å². The Morgan fingerprint density at radius 1 is 0.518 bits per heavy atom. The van der Waals surface area contributed by atoms with E-state index in [0.29, 0.717) is 36.3 Å². The number of rotatable bonds is 21. The SMILES string of the molecule is O=C(NCCBr)N(Cc1ccc(-c2nnc(C(F)F)o2)cc1F)c1ccccc1.O=C(NCCN1CCN(CCc2ccncc2)CC1)N(Cc1ccc(-c2nnc(C(F)F)o2)cc1F)c1ccccc1.c1cc(CCN2CCCCC2)ccn1. The zero-order chi connectivity index (χ0) is 59.8. The van der Waals surface area contributed by atoms with Crippen LogP contribution in [0.4, 0.5) is 47.3 Å². The van der Waals surface area contributed by atoms with Crippen LogP contribution in [0.25, 0.3) is 22.9 Å². The fourth-order valence-corrected chi connectivity index (χ4v) is 9.57. The topological polar surface area (TPSA) is 178 Å². The molecule has 4 aromatic heterocycles. The van der Waals surface area contributed by atoms with Gasteiger partial charge in [-0.15, -0.1) is 20.4 Å². The number of hydrogen-bond acceptors (Lipinski definition) is 13. The number of anilines is 2. The minimum absolute atomic E-state index is 0.0314. The molecule has 2 fully saturated rings. The molecular weight excluding hydrogens is 1170 g/mol. The number of piperazine rings is 1. The highest BCUT2D eigenvalue weighted by molar-refractivity contribution is 9.09. The number of para-hydroxylation sites is 2. The molecule has 448 valence electrons. The van der Waals surface area contributed by atoms with Gasteiger partial charge < -0.3 is 29.3 Å². The van der Waals surface area contributed by atoms with Crippen LogP contribution in [0.1, 0.15) is 66.1 Å². The highest BCUT2D eigenvalue weighted by Crippen LogP contribution is 2.29. The Hall–Kier alpha value is -8.06. The van der Waals surface area contributed by atoms with Gasteiger partial charge in [-0.2, -0.15) is 17.6 Å². The molecule has 0 bridgehead atoms. The highest BCUT2D eigenvalue weighted by Gasteiger charge is 2.24. The van der Waals surface area contributed by atoms with Gasteiger partial charge in [-0.05, 0) is 123 Å². The van der Waals surface area contributed by atoms with Crippen LogP contribution >= 0.6 is 15.9 Å². The van der Waals surface area contributed by atoms with E-state index in [-0.39, 0.29) is 59.2 Å². The monoisotopic (exact) mass is 1240 g/mol. The number of hydrogen-bond donors (Lipinski definition) is 2. The van der Waals surface area contributed by atoms with Gasteiger partial charge in [-0.25, -0.2) is 18.4 Å². The number of nitrogens with zero attached hydrogens (tertiary/aromatic N) is 11. The molecule has 0 saturated carbocycles. The van der Waals surface area contributed by atoms with Crippen LogP contribution in [0.15, 0.2) is 155 Å². The summed E-state index contributed by atoms with van der Waals surface area (Å²) in [7, 11) is 0. The molecule has 0 aliphatic carbocycles. The van der Waals surface area contributed by atoms with Crippen molar-refractivity contribution in [2.75, 3.05) is 87.1 Å². The van der Waals surface area contributed by atoms with E-state index in [1.807, 2.05) is 49.1 Å². The number of carbonyl (C=O) groups excluding carboxylic acids is 2. The zero-order valence-corrected chi connectivity index (χ0v) is 48.2. The number of aromatic nitrogens is 6. The van der Waals surface area contributed by atoms with Crippen molar-refractivity contribution in [1.82, 2.24) is 55.7 Å². The number of alkyl halides is 5. The largest absolute Gasteiger partial charge is 0.415 e. The molecule has 2 aliphatic heterocycles. The Labute approximate surface area is 497 Å². The summed E-state index contributed by atoms with van der Waals surface area (Å²) < 4.78 is 90.3. The van der Waals surface area contributed by atoms with E-state index in [4.69, 9.17) is 8.83 Å². The lowest BCUT2D eigenvalue weighted by molar-refractivity contribution is 0.115. The third kappa shape index (κ3) is 19.5. The minimum Gasteiger partial charge on any atom is -0.415 e. The lowest BCUT2D eigenvalue weighted by Gasteiger charge is -2.34. The standard InChI is InChI=1S/C30H32F3N7O2.C19H16BrF3N4O2.C12H18N2/c31-26-20-23(28-36-37-29(42-28)27(32)33)6-7-24(26)21-40(25-4-2-1-3-5-25)30(41)35-13-15-39-18-16-38(17-19-39)14-10-22-8-11-34-12-9-22;20-8-9-24-19(28)27(14-4-2-1-3-5-14)11-13-7-6-12(10-15(13)21)17-25-26-18(29-17)16(22)23;1-2-9-14(10-3-1)11-6-12-4-7-13-8-5-12/h1-9,11-12,20,27H,10,13-19,21H2,(H,35,41);1-7,10,16H,8-9,11H2,(H,24,28);4-5,7-8H,1-3,6,9-11H2. The molecule has 2 N–H and O–H groups in total. The second-order valence-corrected chi connectivity index (χ2v) is 20.7. The summed E-state index contributed by atoms with van der Waals surface area (Å²) in [5, 5.41) is 19.9. The van der Waals surface area contributed by atoms with Crippen molar-refractivity contribution in [3.05, 3.63) is 192 Å². The van der Waals surface area contributed by atoms with Crippen molar-refractivity contribution in [2.45, 2.75) is 58.0 Å². The van der Waals surface area contributed by atoms with E-state index >= 15 is 4.39 Å². The molecule has 10 rings (SSSR count). The summed E-state index contributed by atoms with van der Waals surface area (Å²) in [4.78, 5) is 44.1. The predicted octanol–water partition coefficient (Wildman–Crippen LogP) is 11.8. The van der Waals surface area contributed by atoms with E-state index < -0.39 is 36.3 Å². The van der Waals surface area contributed by atoms with Crippen LogP contribution in [0.3, 0.4) is 0 Å². The van der Waals surface area contributed by atoms with E-state index in [1.165, 1.54) is 90.5 Å². The lowest BCUT2D eigenvalue weighted by atomic mass is 10.1. The van der Waals surface area contributed by atoms with E-state index in [2.05, 4.69) is 83.8 Å². The summed E-state index contributed by atoms with van der Waals surface area (Å²) in [6.45, 7) is 10.1. The second kappa shape index (κ2) is 32.9. The predicted molar refractivity (Wildman–Crippen MR) is 314 cm³/mol. The molecule has 4 amide bonds. The quantitative estimate of drug-likeness (QED) is 0.0513. The lowest BCUT2D eigenvalue weighted by Crippen LogP contribution is -2.49. The molecule has 0 unspecified atom stereocenters. The molecule has 6 heterocycles. The molecule has 17 nitrogen and oxygen atoms in total. The van der Waals surface area contributed by atoms with Gasteiger partial charge >= 0.3 is 24.9 Å². The smallest absolute Gasteiger partial charge is 0.322 e. The Balaban J connectivity index is 0.000000188. The molecule has 85 heavy (non-hydrogen) atoms. The van der Waals surface area contributed by atoms with Gasteiger partial charge in [-0.1, -0.05) is 70.9 Å². The number of halogens is 7. The molecule has 0 atom stereocenters. The molecule has 8 aromatic rings. The van der Waals surface area contributed by atoms with E-state index in [1.54, 1.807) is 48.5 Å². The first-order chi connectivity index (χ1) is 41.4. The summed E-state index contributed by atoms with van der Waals surface area (Å²) in [6.07, 6.45) is 7.93. The fraction of sp³-hybridized carbons (Fsp3) is 0.344. The molecular formula is C61H66BrF6N13O4. The number of nitrogens with one attached hydrogen (secondary N) is 2. The normalized spacial score (nSPS) is 13.8. The number of carbonyl (C=O) groups is 2. The van der Waals surface area contributed by atoms with Crippen LogP contribution < -0.4 is 20.4 Å². The minimum atomic E-state index is -2.92. The van der Waals surface area contributed by atoms with Gasteiger partial charge in [0.25, 0.3) is 11.8 Å². The van der Waals surface area contributed by atoms with Crippen molar-refractivity contribution < 1.29 is 44.8 Å². The first kappa shape index (κ1) is 63.0. The molecule has 24 heteroatoms. The van der Waals surface area contributed by atoms with Gasteiger partial charge in [-0.3, -0.25) is 24.7 Å². The molecule has 2 saturated heterocycles. The maximum atomic E-state index is 15.1. The second-order valence-electron chi connectivity index (χ2n) is 19.9. The first-order valence-corrected chi connectivity index (χ1v) is 29.0. The number of urea groups is 2. The maximum Gasteiger partial charge on any atom is 0.322 e. The van der Waals surface area contributed by atoms with E-state index in [9.17, 15) is 31.5 Å². The summed E-state index contributed by atoms with van der Waals surface area (Å²) in [5.74, 6) is -3.33. The summed E-state index contributed by atoms with van der Waals surface area (Å²) in [5.41, 5.74) is 4.72. The van der Waals surface area contributed by atoms with Crippen LogP contribution in [0, 0.1) is 11.6 Å². The highest BCUT2D eigenvalue weighted by atomic mass is 79.9. The van der Waals surface area contributed by atoms with Gasteiger partial charge in [0.2, 0.25) is 11.8 Å².